The Balaban J connectivity index is 2.23. The Labute approximate surface area is 106 Å². The molecule has 0 aliphatic carbocycles. The molecule has 2 rings (SSSR count). The van der Waals surface area contributed by atoms with Crippen LogP contribution in [-0.2, 0) is 0 Å². The van der Waals surface area contributed by atoms with Crippen LogP contribution in [0, 0.1) is 6.92 Å². The number of rotatable bonds is 3. The van der Waals surface area contributed by atoms with Crippen LogP contribution in [0.4, 0.5) is 5.69 Å². The van der Waals surface area contributed by atoms with Crippen molar-refractivity contribution >= 4 is 11.6 Å². The SMILES string of the molecule is COc1ccc(C)c(C(=O)Nc2cccnc2)c1. The summed E-state index contributed by atoms with van der Waals surface area (Å²) >= 11 is 0. The van der Waals surface area contributed by atoms with Gasteiger partial charge in [-0.1, -0.05) is 6.07 Å². The fourth-order valence-electron chi connectivity index (χ4n) is 1.61. The molecule has 1 amide bonds. The molecule has 2 aromatic rings. The number of ether oxygens (including phenoxy) is 1. The van der Waals surface area contributed by atoms with Crippen molar-refractivity contribution in [1.29, 1.82) is 0 Å². The molecule has 0 saturated heterocycles. The van der Waals surface area contributed by atoms with E-state index in [-0.39, 0.29) is 5.91 Å². The summed E-state index contributed by atoms with van der Waals surface area (Å²) in [6.45, 7) is 1.89. The fourth-order valence-corrected chi connectivity index (χ4v) is 1.61. The third-order valence-electron chi connectivity index (χ3n) is 2.61. The number of carbonyl (C=O) groups excluding carboxylic acids is 1. The number of aromatic nitrogens is 1. The molecular formula is C14H14N2O2. The van der Waals surface area contributed by atoms with Gasteiger partial charge in [0.1, 0.15) is 5.75 Å². The van der Waals surface area contributed by atoms with Crippen molar-refractivity contribution in [3.8, 4) is 5.75 Å². The highest BCUT2D eigenvalue weighted by Gasteiger charge is 2.10. The topological polar surface area (TPSA) is 51.2 Å². The molecule has 1 heterocycles. The molecule has 1 aromatic heterocycles. The van der Waals surface area contributed by atoms with E-state index in [1.165, 1.54) is 0 Å². The van der Waals surface area contributed by atoms with Crippen molar-refractivity contribution < 1.29 is 9.53 Å². The van der Waals surface area contributed by atoms with Gasteiger partial charge in [-0.25, -0.2) is 0 Å². The van der Waals surface area contributed by atoms with Crippen LogP contribution in [0.2, 0.25) is 0 Å². The van der Waals surface area contributed by atoms with Crippen LogP contribution < -0.4 is 10.1 Å². The zero-order valence-corrected chi connectivity index (χ0v) is 10.3. The van der Waals surface area contributed by atoms with Crippen LogP contribution in [0.15, 0.2) is 42.7 Å². The van der Waals surface area contributed by atoms with Crippen molar-refractivity contribution in [3.05, 3.63) is 53.9 Å². The normalized spacial score (nSPS) is 9.89. The van der Waals surface area contributed by atoms with Gasteiger partial charge in [0, 0.05) is 11.8 Å². The van der Waals surface area contributed by atoms with E-state index in [1.54, 1.807) is 37.7 Å². The highest BCUT2D eigenvalue weighted by molar-refractivity contribution is 6.05. The van der Waals surface area contributed by atoms with Crippen molar-refractivity contribution in [2.75, 3.05) is 12.4 Å². The summed E-state index contributed by atoms with van der Waals surface area (Å²) in [5.74, 6) is 0.497. The zero-order chi connectivity index (χ0) is 13.0. The molecule has 0 bridgehead atoms. The van der Waals surface area contributed by atoms with Gasteiger partial charge in [0.25, 0.3) is 5.91 Å². The Kier molecular flexibility index (Phi) is 3.57. The Morgan fingerprint density at radius 3 is 2.83 bits per heavy atom. The van der Waals surface area contributed by atoms with Crippen molar-refractivity contribution in [1.82, 2.24) is 4.98 Å². The van der Waals surface area contributed by atoms with E-state index in [2.05, 4.69) is 10.3 Å². The van der Waals surface area contributed by atoms with E-state index < -0.39 is 0 Å². The molecule has 18 heavy (non-hydrogen) atoms. The van der Waals surface area contributed by atoms with Gasteiger partial charge in [-0.3, -0.25) is 9.78 Å². The summed E-state index contributed by atoms with van der Waals surface area (Å²) < 4.78 is 5.12. The highest BCUT2D eigenvalue weighted by Crippen LogP contribution is 2.18. The number of benzene rings is 1. The number of aryl methyl sites for hydroxylation is 1. The second-order valence-electron chi connectivity index (χ2n) is 3.88. The Bertz CT molecular complexity index is 553. The van der Waals surface area contributed by atoms with Crippen LogP contribution in [-0.4, -0.2) is 18.0 Å². The van der Waals surface area contributed by atoms with Gasteiger partial charge in [0.15, 0.2) is 0 Å². The molecule has 1 N–H and O–H groups in total. The molecular weight excluding hydrogens is 228 g/mol. The van der Waals surface area contributed by atoms with Gasteiger partial charge in [-0.15, -0.1) is 0 Å². The first-order valence-corrected chi connectivity index (χ1v) is 5.56. The average Bonchev–Trinajstić information content (AvgIpc) is 2.40. The quantitative estimate of drug-likeness (QED) is 0.900. The maximum absolute atomic E-state index is 12.1. The molecule has 0 atom stereocenters. The minimum Gasteiger partial charge on any atom is -0.497 e. The van der Waals surface area contributed by atoms with Gasteiger partial charge in [-0.05, 0) is 36.8 Å². The van der Waals surface area contributed by atoms with Crippen LogP contribution in [0.5, 0.6) is 5.75 Å². The Morgan fingerprint density at radius 2 is 2.17 bits per heavy atom. The summed E-state index contributed by atoms with van der Waals surface area (Å²) in [6, 6.07) is 8.97. The number of carbonyl (C=O) groups is 1. The smallest absolute Gasteiger partial charge is 0.256 e. The molecule has 92 valence electrons. The highest BCUT2D eigenvalue weighted by atomic mass is 16.5. The molecule has 1 aromatic carbocycles. The van der Waals surface area contributed by atoms with E-state index in [0.717, 1.165) is 5.56 Å². The molecule has 4 nitrogen and oxygen atoms in total. The van der Waals surface area contributed by atoms with Crippen LogP contribution in [0.3, 0.4) is 0 Å². The second kappa shape index (κ2) is 5.31. The van der Waals surface area contributed by atoms with Gasteiger partial charge in [0.2, 0.25) is 0 Å². The van der Waals surface area contributed by atoms with E-state index in [9.17, 15) is 4.79 Å². The Hall–Kier alpha value is -2.36. The first-order valence-electron chi connectivity index (χ1n) is 5.56. The first-order chi connectivity index (χ1) is 8.70. The van der Waals surface area contributed by atoms with E-state index in [0.29, 0.717) is 17.0 Å². The van der Waals surface area contributed by atoms with Crippen molar-refractivity contribution in [2.24, 2.45) is 0 Å². The summed E-state index contributed by atoms with van der Waals surface area (Å²) in [7, 11) is 1.58. The number of anilines is 1. The van der Waals surface area contributed by atoms with Gasteiger partial charge < -0.3 is 10.1 Å². The molecule has 0 saturated carbocycles. The summed E-state index contributed by atoms with van der Waals surface area (Å²) in [4.78, 5) is 16.1. The van der Waals surface area contributed by atoms with Crippen LogP contribution in [0.25, 0.3) is 0 Å². The molecule has 4 heteroatoms. The van der Waals surface area contributed by atoms with Crippen LogP contribution in [0.1, 0.15) is 15.9 Å². The van der Waals surface area contributed by atoms with Crippen molar-refractivity contribution in [3.63, 3.8) is 0 Å². The number of pyridine rings is 1. The number of nitrogens with zero attached hydrogens (tertiary/aromatic N) is 1. The van der Waals surface area contributed by atoms with Gasteiger partial charge in [0.05, 0.1) is 19.0 Å². The lowest BCUT2D eigenvalue weighted by Crippen LogP contribution is -2.13. The lowest BCUT2D eigenvalue weighted by atomic mass is 10.1. The predicted octanol–water partition coefficient (Wildman–Crippen LogP) is 2.65. The van der Waals surface area contributed by atoms with Crippen LogP contribution >= 0.6 is 0 Å². The van der Waals surface area contributed by atoms with Crippen molar-refractivity contribution in [2.45, 2.75) is 6.92 Å². The first kappa shape index (κ1) is 12.1. The van der Waals surface area contributed by atoms with Gasteiger partial charge in [-0.2, -0.15) is 0 Å². The summed E-state index contributed by atoms with van der Waals surface area (Å²) in [6.07, 6.45) is 3.26. The number of nitrogens with one attached hydrogen (secondary N) is 1. The molecule has 0 aliphatic rings. The molecule has 0 unspecified atom stereocenters. The number of hydrogen-bond donors (Lipinski definition) is 1. The Morgan fingerprint density at radius 1 is 1.33 bits per heavy atom. The fraction of sp³-hybridized carbons (Fsp3) is 0.143. The average molecular weight is 242 g/mol. The maximum atomic E-state index is 12.1. The lowest BCUT2D eigenvalue weighted by Gasteiger charge is -2.09. The third kappa shape index (κ3) is 2.66. The van der Waals surface area contributed by atoms with E-state index >= 15 is 0 Å². The van der Waals surface area contributed by atoms with E-state index in [4.69, 9.17) is 4.74 Å². The zero-order valence-electron chi connectivity index (χ0n) is 10.3. The molecule has 0 radical (unpaired) electrons. The maximum Gasteiger partial charge on any atom is 0.256 e. The number of hydrogen-bond acceptors (Lipinski definition) is 3. The summed E-state index contributed by atoms with van der Waals surface area (Å²) in [5, 5.41) is 2.79. The molecule has 0 aliphatic heterocycles. The largest absolute Gasteiger partial charge is 0.497 e. The third-order valence-corrected chi connectivity index (χ3v) is 2.61. The molecule has 0 spiro atoms. The number of amides is 1. The lowest BCUT2D eigenvalue weighted by molar-refractivity contribution is 0.102. The number of methoxy groups -OCH3 is 1. The summed E-state index contributed by atoms with van der Waals surface area (Å²) in [5.41, 5.74) is 2.17. The monoisotopic (exact) mass is 242 g/mol. The second-order valence-corrected chi connectivity index (χ2v) is 3.88. The van der Waals surface area contributed by atoms with E-state index in [1.807, 2.05) is 19.1 Å². The predicted molar refractivity (Wildman–Crippen MR) is 69.9 cm³/mol. The standard InChI is InChI=1S/C14H14N2O2/c1-10-5-6-12(18-2)8-13(10)14(17)16-11-4-3-7-15-9-11/h3-9H,1-2H3,(H,16,17). The molecule has 0 fully saturated rings. The van der Waals surface area contributed by atoms with Gasteiger partial charge >= 0.3 is 0 Å². The minimum absolute atomic E-state index is 0.167. The minimum atomic E-state index is -0.167.